The summed E-state index contributed by atoms with van der Waals surface area (Å²) in [4.78, 5) is 12.0. The van der Waals surface area contributed by atoms with Crippen LogP contribution in [0.1, 0.15) is 27.9 Å². The summed E-state index contributed by atoms with van der Waals surface area (Å²) in [5.74, 6) is 5.75. The number of nitrogens with one attached hydrogen (secondary N) is 1. The summed E-state index contributed by atoms with van der Waals surface area (Å²) < 4.78 is 0. The molecule has 1 heterocycles. The molecule has 0 bridgehead atoms. The zero-order valence-corrected chi connectivity index (χ0v) is 12.0. The van der Waals surface area contributed by atoms with Crippen LogP contribution < -0.4 is 5.32 Å². The molecule has 4 heteroatoms. The first-order valence-corrected chi connectivity index (χ1v) is 7.19. The van der Waals surface area contributed by atoms with Gasteiger partial charge in [-0.05, 0) is 42.1 Å². The second-order valence-corrected chi connectivity index (χ2v) is 5.05. The van der Waals surface area contributed by atoms with Crippen LogP contribution in [0.3, 0.4) is 0 Å². The highest BCUT2D eigenvalue weighted by Gasteiger charge is 2.07. The molecular weight excluding hydrogens is 270 g/mol. The maximum absolute atomic E-state index is 12.0. The van der Waals surface area contributed by atoms with Gasteiger partial charge < -0.3 is 10.4 Å². The molecule has 0 unspecified atom stereocenters. The van der Waals surface area contributed by atoms with Crippen LogP contribution in [0.25, 0.3) is 0 Å². The Kier molecular flexibility index (Phi) is 4.94. The second kappa shape index (κ2) is 6.90. The summed E-state index contributed by atoms with van der Waals surface area (Å²) in [6.45, 7) is 2.00. The standard InChI is InChI=1S/C16H15NO2S/c1-12-10-13(4-2-3-8-18)5-6-15(12)17-16(19)14-7-9-20-11-14/h5-7,9-11,18H,3,8H2,1H3,(H,17,19). The first-order valence-electron chi connectivity index (χ1n) is 6.24. The largest absolute Gasteiger partial charge is 0.395 e. The summed E-state index contributed by atoms with van der Waals surface area (Å²) in [5.41, 5.74) is 3.30. The molecule has 0 saturated carbocycles. The molecule has 0 spiro atoms. The highest BCUT2D eigenvalue weighted by atomic mass is 32.1. The molecule has 2 aromatic rings. The van der Waals surface area contributed by atoms with Crippen LogP contribution in [0.15, 0.2) is 35.0 Å². The molecular formula is C16H15NO2S. The number of anilines is 1. The minimum Gasteiger partial charge on any atom is -0.395 e. The van der Waals surface area contributed by atoms with Crippen molar-refractivity contribution in [2.45, 2.75) is 13.3 Å². The Labute approximate surface area is 122 Å². The van der Waals surface area contributed by atoms with E-state index in [1.807, 2.05) is 35.9 Å². The average molecular weight is 285 g/mol. The molecule has 3 nitrogen and oxygen atoms in total. The van der Waals surface area contributed by atoms with Crippen molar-refractivity contribution in [1.29, 1.82) is 0 Å². The van der Waals surface area contributed by atoms with Gasteiger partial charge >= 0.3 is 0 Å². The number of hydrogen-bond donors (Lipinski definition) is 2. The fraction of sp³-hybridized carbons (Fsp3) is 0.188. The fourth-order valence-corrected chi connectivity index (χ4v) is 2.33. The molecule has 102 valence electrons. The van der Waals surface area contributed by atoms with Gasteiger partial charge in [-0.25, -0.2) is 0 Å². The SMILES string of the molecule is Cc1cc(C#CCCO)ccc1NC(=O)c1ccsc1. The number of aliphatic hydroxyl groups is 1. The van der Waals surface area contributed by atoms with Crippen molar-refractivity contribution >= 4 is 22.9 Å². The molecule has 1 amide bonds. The number of thiophene rings is 1. The molecule has 1 aromatic heterocycles. The normalized spacial score (nSPS) is 9.70. The molecule has 0 aliphatic rings. The number of carbonyl (C=O) groups is 1. The van der Waals surface area contributed by atoms with Gasteiger partial charge in [0.15, 0.2) is 0 Å². The average Bonchev–Trinajstić information content (AvgIpc) is 2.96. The molecule has 0 atom stereocenters. The van der Waals surface area contributed by atoms with Gasteiger partial charge in [0.2, 0.25) is 0 Å². The van der Waals surface area contributed by atoms with E-state index in [-0.39, 0.29) is 12.5 Å². The van der Waals surface area contributed by atoms with Crippen molar-refractivity contribution in [2.75, 3.05) is 11.9 Å². The Bertz CT molecular complexity index is 651. The molecule has 2 N–H and O–H groups in total. The van der Waals surface area contributed by atoms with Gasteiger partial charge in [-0.15, -0.1) is 0 Å². The summed E-state index contributed by atoms with van der Waals surface area (Å²) in [5, 5.41) is 15.3. The third kappa shape index (κ3) is 3.70. The second-order valence-electron chi connectivity index (χ2n) is 4.27. The first-order chi connectivity index (χ1) is 9.70. The third-order valence-corrected chi connectivity index (χ3v) is 3.41. The third-order valence-electron chi connectivity index (χ3n) is 2.73. The number of amides is 1. The van der Waals surface area contributed by atoms with Gasteiger partial charge in [-0.1, -0.05) is 11.8 Å². The maximum Gasteiger partial charge on any atom is 0.256 e. The summed E-state index contributed by atoms with van der Waals surface area (Å²) >= 11 is 1.50. The van der Waals surface area contributed by atoms with E-state index in [0.717, 1.165) is 16.8 Å². The van der Waals surface area contributed by atoms with E-state index in [4.69, 9.17) is 5.11 Å². The highest BCUT2D eigenvalue weighted by molar-refractivity contribution is 7.08. The number of benzene rings is 1. The highest BCUT2D eigenvalue weighted by Crippen LogP contribution is 2.18. The number of aliphatic hydroxyl groups excluding tert-OH is 1. The van der Waals surface area contributed by atoms with E-state index in [1.165, 1.54) is 11.3 Å². The van der Waals surface area contributed by atoms with Gasteiger partial charge in [0.05, 0.1) is 12.2 Å². The van der Waals surface area contributed by atoms with Gasteiger partial charge in [-0.2, -0.15) is 11.3 Å². The molecule has 0 saturated heterocycles. The Hall–Kier alpha value is -2.09. The van der Waals surface area contributed by atoms with Crippen LogP contribution in [0, 0.1) is 18.8 Å². The first kappa shape index (κ1) is 14.3. The minimum atomic E-state index is -0.103. The molecule has 0 fully saturated rings. The van der Waals surface area contributed by atoms with E-state index in [1.54, 1.807) is 6.07 Å². The van der Waals surface area contributed by atoms with Gasteiger partial charge in [0, 0.05) is 23.1 Å². The van der Waals surface area contributed by atoms with E-state index >= 15 is 0 Å². The lowest BCUT2D eigenvalue weighted by Crippen LogP contribution is -2.11. The van der Waals surface area contributed by atoms with Gasteiger partial charge in [0.25, 0.3) is 5.91 Å². The van der Waals surface area contributed by atoms with Crippen molar-refractivity contribution in [1.82, 2.24) is 0 Å². The molecule has 2 rings (SSSR count). The predicted octanol–water partition coefficient (Wildman–Crippen LogP) is 3.04. The summed E-state index contributed by atoms with van der Waals surface area (Å²) in [6, 6.07) is 7.43. The predicted molar refractivity (Wildman–Crippen MR) is 82.0 cm³/mol. The molecule has 0 aliphatic heterocycles. The molecule has 1 aromatic carbocycles. The lowest BCUT2D eigenvalue weighted by Gasteiger charge is -2.07. The van der Waals surface area contributed by atoms with Crippen molar-refractivity contribution < 1.29 is 9.90 Å². The molecule has 0 aliphatic carbocycles. The zero-order chi connectivity index (χ0) is 14.4. The van der Waals surface area contributed by atoms with Crippen LogP contribution in [0.5, 0.6) is 0 Å². The molecule has 0 radical (unpaired) electrons. The van der Waals surface area contributed by atoms with Crippen LogP contribution in [0.4, 0.5) is 5.69 Å². The Balaban J connectivity index is 2.11. The maximum atomic E-state index is 12.0. The lowest BCUT2D eigenvalue weighted by atomic mass is 10.1. The van der Waals surface area contributed by atoms with Crippen LogP contribution in [-0.2, 0) is 0 Å². The van der Waals surface area contributed by atoms with E-state index in [0.29, 0.717) is 12.0 Å². The van der Waals surface area contributed by atoms with E-state index < -0.39 is 0 Å². The van der Waals surface area contributed by atoms with Crippen LogP contribution >= 0.6 is 11.3 Å². The Morgan fingerprint density at radius 1 is 1.40 bits per heavy atom. The monoisotopic (exact) mass is 285 g/mol. The number of rotatable bonds is 3. The lowest BCUT2D eigenvalue weighted by molar-refractivity contribution is 0.102. The number of hydrogen-bond acceptors (Lipinski definition) is 3. The zero-order valence-electron chi connectivity index (χ0n) is 11.1. The van der Waals surface area contributed by atoms with Gasteiger partial charge in [0.1, 0.15) is 0 Å². The number of carbonyl (C=O) groups excluding carboxylic acids is 1. The summed E-state index contributed by atoms with van der Waals surface area (Å²) in [7, 11) is 0. The van der Waals surface area contributed by atoms with Crippen molar-refractivity contribution in [3.05, 3.63) is 51.7 Å². The smallest absolute Gasteiger partial charge is 0.256 e. The van der Waals surface area contributed by atoms with Crippen molar-refractivity contribution in [2.24, 2.45) is 0 Å². The van der Waals surface area contributed by atoms with Crippen LogP contribution in [-0.4, -0.2) is 17.6 Å². The van der Waals surface area contributed by atoms with Gasteiger partial charge in [-0.3, -0.25) is 4.79 Å². The Morgan fingerprint density at radius 2 is 2.25 bits per heavy atom. The summed E-state index contributed by atoms with van der Waals surface area (Å²) in [6.07, 6.45) is 0.468. The Morgan fingerprint density at radius 3 is 2.90 bits per heavy atom. The van der Waals surface area contributed by atoms with E-state index in [2.05, 4.69) is 17.2 Å². The van der Waals surface area contributed by atoms with Crippen molar-refractivity contribution in [3.63, 3.8) is 0 Å². The van der Waals surface area contributed by atoms with E-state index in [9.17, 15) is 4.79 Å². The quantitative estimate of drug-likeness (QED) is 0.852. The fourth-order valence-electron chi connectivity index (χ4n) is 1.69. The number of aryl methyl sites for hydroxylation is 1. The van der Waals surface area contributed by atoms with Crippen LogP contribution in [0.2, 0.25) is 0 Å². The molecule has 20 heavy (non-hydrogen) atoms. The minimum absolute atomic E-state index is 0.0702. The topological polar surface area (TPSA) is 49.3 Å². The van der Waals surface area contributed by atoms with Crippen molar-refractivity contribution in [3.8, 4) is 11.8 Å².